The molecule has 0 amide bonds. The minimum Gasteiger partial charge on any atom is -0.492 e. The summed E-state index contributed by atoms with van der Waals surface area (Å²) in [6.07, 6.45) is 0. The van der Waals surface area contributed by atoms with Crippen LogP contribution in [0.3, 0.4) is 0 Å². The van der Waals surface area contributed by atoms with Gasteiger partial charge in [-0.15, -0.1) is 10.2 Å². The zero-order valence-corrected chi connectivity index (χ0v) is 15.9. The van der Waals surface area contributed by atoms with Gasteiger partial charge >= 0.3 is 0 Å². The summed E-state index contributed by atoms with van der Waals surface area (Å²) < 4.78 is 7.96. The first-order chi connectivity index (χ1) is 12.1. The third kappa shape index (κ3) is 4.04. The first kappa shape index (κ1) is 17.5. The van der Waals surface area contributed by atoms with Gasteiger partial charge in [0.25, 0.3) is 0 Å². The first-order valence-electron chi connectivity index (χ1n) is 8.34. The van der Waals surface area contributed by atoms with Crippen molar-refractivity contribution < 1.29 is 4.74 Å². The van der Waals surface area contributed by atoms with Crippen LogP contribution in [-0.4, -0.2) is 27.1 Å². The van der Waals surface area contributed by atoms with E-state index >= 15 is 0 Å². The molecule has 0 aliphatic rings. The number of aryl methyl sites for hydroxylation is 3. The van der Waals surface area contributed by atoms with Crippen molar-refractivity contribution in [2.75, 3.05) is 12.4 Å². The second-order valence-corrected chi connectivity index (χ2v) is 7.21. The smallest absolute Gasteiger partial charge is 0.191 e. The molecule has 3 rings (SSSR count). The monoisotopic (exact) mass is 353 g/mol. The summed E-state index contributed by atoms with van der Waals surface area (Å²) in [7, 11) is 2.01. The maximum atomic E-state index is 5.91. The van der Waals surface area contributed by atoms with Gasteiger partial charge in [0.15, 0.2) is 11.0 Å². The van der Waals surface area contributed by atoms with Crippen LogP contribution in [0, 0.1) is 20.8 Å². The zero-order valence-electron chi connectivity index (χ0n) is 15.1. The molecule has 0 saturated heterocycles. The number of aromatic nitrogens is 3. The molecule has 0 radical (unpaired) electrons. The fraction of sp³-hybridized carbons (Fsp3) is 0.300. The van der Waals surface area contributed by atoms with Crippen LogP contribution in [-0.2, 0) is 7.05 Å². The van der Waals surface area contributed by atoms with Crippen LogP contribution in [0.25, 0.3) is 11.4 Å². The van der Waals surface area contributed by atoms with Gasteiger partial charge in [-0.05, 0) is 43.5 Å². The number of thioether (sulfide) groups is 1. The number of hydrogen-bond donors (Lipinski definition) is 0. The number of nitrogens with zero attached hydrogens (tertiary/aromatic N) is 3. The second-order valence-electron chi connectivity index (χ2n) is 6.15. The van der Waals surface area contributed by atoms with Gasteiger partial charge in [0.1, 0.15) is 5.75 Å². The van der Waals surface area contributed by atoms with Crippen molar-refractivity contribution in [1.82, 2.24) is 14.8 Å². The van der Waals surface area contributed by atoms with Crippen LogP contribution in [0.1, 0.15) is 16.7 Å². The highest BCUT2D eigenvalue weighted by Gasteiger charge is 2.12. The Morgan fingerprint density at radius 3 is 2.60 bits per heavy atom. The van der Waals surface area contributed by atoms with Gasteiger partial charge in [0, 0.05) is 18.4 Å². The average Bonchev–Trinajstić information content (AvgIpc) is 2.96. The van der Waals surface area contributed by atoms with Gasteiger partial charge in [0.05, 0.1) is 6.61 Å². The number of rotatable bonds is 6. The standard InChI is InChI=1S/C20H23N3OS/c1-14-9-10-16(3)18(13-14)24-11-12-25-20-22-21-19(23(20)4)17-8-6-5-7-15(17)2/h5-10,13H,11-12H2,1-4H3. The Bertz CT molecular complexity index is 873. The van der Waals surface area contributed by atoms with E-state index in [1.807, 2.05) is 23.7 Å². The Balaban J connectivity index is 1.61. The quantitative estimate of drug-likeness (QED) is 0.480. The summed E-state index contributed by atoms with van der Waals surface area (Å²) in [4.78, 5) is 0. The van der Waals surface area contributed by atoms with Crippen LogP contribution >= 0.6 is 11.8 Å². The molecule has 0 fully saturated rings. The Labute approximate surface area is 153 Å². The molecule has 2 aromatic carbocycles. The second kappa shape index (κ2) is 7.74. The molecule has 0 unspecified atom stereocenters. The molecule has 25 heavy (non-hydrogen) atoms. The van der Waals surface area contributed by atoms with Gasteiger partial charge < -0.3 is 9.30 Å². The van der Waals surface area contributed by atoms with Crippen molar-refractivity contribution in [2.45, 2.75) is 25.9 Å². The van der Waals surface area contributed by atoms with E-state index in [2.05, 4.69) is 61.3 Å². The number of benzene rings is 2. The highest BCUT2D eigenvalue weighted by atomic mass is 32.2. The fourth-order valence-corrected chi connectivity index (χ4v) is 3.37. The molecule has 1 heterocycles. The maximum Gasteiger partial charge on any atom is 0.191 e. The van der Waals surface area contributed by atoms with Gasteiger partial charge in [-0.1, -0.05) is 48.2 Å². The molecule has 3 aromatic rings. The van der Waals surface area contributed by atoms with Gasteiger partial charge in [0.2, 0.25) is 0 Å². The summed E-state index contributed by atoms with van der Waals surface area (Å²) >= 11 is 1.66. The van der Waals surface area contributed by atoms with Crippen molar-refractivity contribution in [2.24, 2.45) is 7.05 Å². The summed E-state index contributed by atoms with van der Waals surface area (Å²) in [5.41, 5.74) is 4.70. The van der Waals surface area contributed by atoms with Crippen molar-refractivity contribution in [3.63, 3.8) is 0 Å². The van der Waals surface area contributed by atoms with E-state index in [1.165, 1.54) is 11.1 Å². The summed E-state index contributed by atoms with van der Waals surface area (Å²) in [5.74, 6) is 2.68. The third-order valence-corrected chi connectivity index (χ3v) is 5.12. The van der Waals surface area contributed by atoms with Gasteiger partial charge in [-0.2, -0.15) is 0 Å². The molecule has 0 saturated carbocycles. The third-order valence-electron chi connectivity index (χ3n) is 4.14. The molecule has 0 aliphatic heterocycles. The topological polar surface area (TPSA) is 39.9 Å². The van der Waals surface area contributed by atoms with E-state index < -0.39 is 0 Å². The maximum absolute atomic E-state index is 5.91. The lowest BCUT2D eigenvalue weighted by molar-refractivity contribution is 0.341. The molecule has 0 spiro atoms. The Morgan fingerprint density at radius 2 is 1.80 bits per heavy atom. The van der Waals surface area contributed by atoms with E-state index in [-0.39, 0.29) is 0 Å². The molecule has 0 aliphatic carbocycles. The molecular formula is C20H23N3OS. The van der Waals surface area contributed by atoms with E-state index in [0.717, 1.165) is 33.6 Å². The van der Waals surface area contributed by atoms with Crippen LogP contribution in [0.2, 0.25) is 0 Å². The summed E-state index contributed by atoms with van der Waals surface area (Å²) in [5, 5.41) is 9.60. The first-order valence-corrected chi connectivity index (χ1v) is 9.33. The summed E-state index contributed by atoms with van der Waals surface area (Å²) in [6.45, 7) is 6.88. The lowest BCUT2D eigenvalue weighted by atomic mass is 10.1. The molecule has 5 heteroatoms. The van der Waals surface area contributed by atoms with Crippen LogP contribution < -0.4 is 4.74 Å². The molecule has 0 bridgehead atoms. The van der Waals surface area contributed by atoms with Crippen LogP contribution in [0.4, 0.5) is 0 Å². The van der Waals surface area contributed by atoms with Gasteiger partial charge in [-0.3, -0.25) is 0 Å². The van der Waals surface area contributed by atoms with Crippen LogP contribution in [0.15, 0.2) is 47.6 Å². The largest absolute Gasteiger partial charge is 0.492 e. The highest BCUT2D eigenvalue weighted by molar-refractivity contribution is 7.99. The van der Waals surface area contributed by atoms with Crippen molar-refractivity contribution in [3.8, 4) is 17.1 Å². The average molecular weight is 353 g/mol. The lowest BCUT2D eigenvalue weighted by Gasteiger charge is -2.10. The molecular weight excluding hydrogens is 330 g/mol. The fourth-order valence-electron chi connectivity index (χ4n) is 2.65. The predicted octanol–water partition coefficient (Wildman–Crippen LogP) is 4.58. The number of hydrogen-bond acceptors (Lipinski definition) is 4. The van der Waals surface area contributed by atoms with E-state index in [1.54, 1.807) is 11.8 Å². The van der Waals surface area contributed by atoms with E-state index in [0.29, 0.717) is 6.61 Å². The Morgan fingerprint density at radius 1 is 1.00 bits per heavy atom. The normalized spacial score (nSPS) is 10.9. The summed E-state index contributed by atoms with van der Waals surface area (Å²) in [6, 6.07) is 14.5. The predicted molar refractivity (Wildman–Crippen MR) is 103 cm³/mol. The lowest BCUT2D eigenvalue weighted by Crippen LogP contribution is -2.03. The zero-order chi connectivity index (χ0) is 17.8. The molecule has 1 aromatic heterocycles. The van der Waals surface area contributed by atoms with Gasteiger partial charge in [-0.25, -0.2) is 0 Å². The number of ether oxygens (including phenoxy) is 1. The van der Waals surface area contributed by atoms with Crippen molar-refractivity contribution in [3.05, 3.63) is 59.2 Å². The van der Waals surface area contributed by atoms with E-state index in [4.69, 9.17) is 4.74 Å². The molecule has 0 atom stereocenters. The minimum atomic E-state index is 0.640. The molecule has 0 N–H and O–H groups in total. The van der Waals surface area contributed by atoms with Crippen LogP contribution in [0.5, 0.6) is 5.75 Å². The Hall–Kier alpha value is -2.27. The Kier molecular flexibility index (Phi) is 5.43. The van der Waals surface area contributed by atoms with E-state index in [9.17, 15) is 0 Å². The molecule has 130 valence electrons. The minimum absolute atomic E-state index is 0.640. The highest BCUT2D eigenvalue weighted by Crippen LogP contribution is 2.25. The van der Waals surface area contributed by atoms with Crippen molar-refractivity contribution in [1.29, 1.82) is 0 Å². The SMILES string of the molecule is Cc1ccc(C)c(OCCSc2nnc(-c3ccccc3C)n2C)c1. The molecule has 4 nitrogen and oxygen atoms in total. The van der Waals surface area contributed by atoms with Crippen molar-refractivity contribution >= 4 is 11.8 Å².